The number of rotatable bonds is 7. The van der Waals surface area contributed by atoms with Crippen molar-refractivity contribution in [3.05, 3.63) is 131 Å². The first-order valence-electron chi connectivity index (χ1n) is 13.7. The van der Waals surface area contributed by atoms with Gasteiger partial charge in [-0.3, -0.25) is 0 Å². The summed E-state index contributed by atoms with van der Waals surface area (Å²) < 4.78 is 45.8. The van der Waals surface area contributed by atoms with Crippen molar-refractivity contribution in [3.8, 4) is 29.4 Å². The lowest BCUT2D eigenvalue weighted by Gasteiger charge is -2.22. The standard InChI is InChI=1S/C37H35FO3S/c1-36(2,26-27-37(3,4)31-20-22-32(38)23-21-31)30-18-14-28(15-19-30)10-9-13-35(29-16-24-33(41-5)25-17-29)42(39,40)34-11-7-6-8-12-34/h6-8,11-12,14-25,35H,13H2,1-5H3. The molecule has 0 spiro atoms. The Morgan fingerprint density at radius 1 is 0.738 bits per heavy atom. The topological polar surface area (TPSA) is 43.4 Å². The van der Waals surface area contributed by atoms with Crippen molar-refractivity contribution < 1.29 is 17.5 Å². The molecule has 0 N–H and O–H groups in total. The van der Waals surface area contributed by atoms with Crippen LogP contribution in [0.5, 0.6) is 5.75 Å². The molecule has 0 aromatic heterocycles. The minimum absolute atomic E-state index is 0.140. The fourth-order valence-corrected chi connectivity index (χ4v) is 6.22. The van der Waals surface area contributed by atoms with Gasteiger partial charge in [-0.1, -0.05) is 78.3 Å². The molecule has 0 aliphatic carbocycles. The average Bonchev–Trinajstić information content (AvgIpc) is 2.99. The summed E-state index contributed by atoms with van der Waals surface area (Å²) >= 11 is 0. The van der Waals surface area contributed by atoms with Crippen molar-refractivity contribution in [1.82, 2.24) is 0 Å². The van der Waals surface area contributed by atoms with Crippen LogP contribution in [0.25, 0.3) is 0 Å². The van der Waals surface area contributed by atoms with Gasteiger partial charge >= 0.3 is 0 Å². The highest BCUT2D eigenvalue weighted by Crippen LogP contribution is 2.33. The van der Waals surface area contributed by atoms with E-state index in [0.29, 0.717) is 11.3 Å². The van der Waals surface area contributed by atoms with Crippen LogP contribution in [0.1, 0.15) is 61.6 Å². The number of sulfone groups is 1. The van der Waals surface area contributed by atoms with Crippen molar-refractivity contribution in [2.24, 2.45) is 0 Å². The van der Waals surface area contributed by atoms with E-state index in [1.165, 1.54) is 12.1 Å². The van der Waals surface area contributed by atoms with Crippen LogP contribution in [0.4, 0.5) is 4.39 Å². The molecule has 0 amide bonds. The molecule has 4 aromatic rings. The van der Waals surface area contributed by atoms with Gasteiger partial charge in [-0.2, -0.15) is 0 Å². The van der Waals surface area contributed by atoms with Gasteiger partial charge in [0.05, 0.1) is 22.8 Å². The zero-order valence-corrected chi connectivity index (χ0v) is 25.4. The van der Waals surface area contributed by atoms with Gasteiger partial charge in [-0.15, -0.1) is 0 Å². The molecular weight excluding hydrogens is 543 g/mol. The largest absolute Gasteiger partial charge is 0.497 e. The molecule has 0 heterocycles. The van der Waals surface area contributed by atoms with Gasteiger partial charge in [-0.05, 0) is 92.9 Å². The van der Waals surface area contributed by atoms with Crippen molar-refractivity contribution in [1.29, 1.82) is 0 Å². The lowest BCUT2D eigenvalue weighted by molar-refractivity contribution is 0.414. The van der Waals surface area contributed by atoms with E-state index < -0.39 is 25.9 Å². The summed E-state index contributed by atoms with van der Waals surface area (Å²) in [7, 11) is -2.10. The summed E-state index contributed by atoms with van der Waals surface area (Å²) in [6, 6.07) is 29.9. The van der Waals surface area contributed by atoms with Crippen LogP contribution in [-0.4, -0.2) is 15.5 Å². The number of hydrogen-bond acceptors (Lipinski definition) is 3. The maximum atomic E-state index is 13.6. The maximum absolute atomic E-state index is 13.6. The van der Waals surface area contributed by atoms with E-state index in [1.807, 2.05) is 38.1 Å². The number of ether oxygens (including phenoxy) is 1. The van der Waals surface area contributed by atoms with E-state index in [2.05, 4.69) is 37.5 Å². The van der Waals surface area contributed by atoms with Crippen molar-refractivity contribution in [2.45, 2.75) is 55.1 Å². The summed E-state index contributed by atoms with van der Waals surface area (Å²) in [6.07, 6.45) is 0.140. The highest BCUT2D eigenvalue weighted by molar-refractivity contribution is 7.91. The Labute approximate surface area is 249 Å². The van der Waals surface area contributed by atoms with Crippen LogP contribution < -0.4 is 4.74 Å². The molecule has 0 saturated heterocycles. The summed E-state index contributed by atoms with van der Waals surface area (Å²) in [5, 5.41) is -0.823. The molecule has 4 rings (SSSR count). The molecule has 5 heteroatoms. The number of methoxy groups -OCH3 is 1. The van der Waals surface area contributed by atoms with E-state index in [-0.39, 0.29) is 17.1 Å². The molecule has 3 nitrogen and oxygen atoms in total. The summed E-state index contributed by atoms with van der Waals surface area (Å²) in [5.41, 5.74) is 2.59. The average molecular weight is 579 g/mol. The first-order chi connectivity index (χ1) is 19.9. The van der Waals surface area contributed by atoms with Crippen molar-refractivity contribution in [2.75, 3.05) is 7.11 Å². The van der Waals surface area contributed by atoms with E-state index in [9.17, 15) is 12.8 Å². The summed E-state index contributed by atoms with van der Waals surface area (Å²) in [5.74, 6) is 13.4. The van der Waals surface area contributed by atoms with Gasteiger partial charge in [-0.25, -0.2) is 12.8 Å². The number of hydrogen-bond donors (Lipinski definition) is 0. The Morgan fingerprint density at radius 3 is 1.79 bits per heavy atom. The second-order valence-corrected chi connectivity index (χ2v) is 13.3. The van der Waals surface area contributed by atoms with Gasteiger partial charge in [0.1, 0.15) is 16.8 Å². The van der Waals surface area contributed by atoms with Gasteiger partial charge in [0, 0.05) is 12.0 Å². The minimum atomic E-state index is -3.67. The lowest BCUT2D eigenvalue weighted by atomic mass is 9.80. The second kappa shape index (κ2) is 12.7. The van der Waals surface area contributed by atoms with E-state index in [0.717, 1.165) is 16.7 Å². The Hall–Kier alpha value is -4.32. The maximum Gasteiger partial charge on any atom is 0.186 e. The van der Waals surface area contributed by atoms with Gasteiger partial charge in [0.2, 0.25) is 0 Å². The quantitative estimate of drug-likeness (QED) is 0.208. The monoisotopic (exact) mass is 578 g/mol. The van der Waals surface area contributed by atoms with Gasteiger partial charge < -0.3 is 4.74 Å². The minimum Gasteiger partial charge on any atom is -0.497 e. The predicted molar refractivity (Wildman–Crippen MR) is 168 cm³/mol. The zero-order chi connectivity index (χ0) is 30.4. The van der Waals surface area contributed by atoms with Crippen LogP contribution in [0.3, 0.4) is 0 Å². The fraction of sp³-hybridized carbons (Fsp3) is 0.243. The smallest absolute Gasteiger partial charge is 0.186 e. The SMILES string of the molecule is COc1ccc(C(CC#Cc2ccc(C(C)(C)C#CC(C)(C)c3ccc(F)cc3)cc2)S(=O)(=O)c2ccccc2)cc1. The third kappa shape index (κ3) is 7.30. The molecule has 1 unspecified atom stereocenters. The molecule has 1 atom stereocenters. The molecule has 0 fully saturated rings. The molecule has 0 bridgehead atoms. The Morgan fingerprint density at radius 2 is 1.26 bits per heavy atom. The molecule has 0 radical (unpaired) electrons. The van der Waals surface area contributed by atoms with Gasteiger partial charge in [0.25, 0.3) is 0 Å². The fourth-order valence-electron chi connectivity index (χ4n) is 4.54. The Bertz CT molecular complexity index is 1730. The first-order valence-corrected chi connectivity index (χ1v) is 15.3. The van der Waals surface area contributed by atoms with E-state index >= 15 is 0 Å². The Kier molecular flexibility index (Phi) is 9.25. The first kappa shape index (κ1) is 30.6. The molecule has 0 aliphatic heterocycles. The van der Waals surface area contributed by atoms with Crippen LogP contribution in [0.15, 0.2) is 108 Å². The molecule has 0 saturated carbocycles. The molecule has 42 heavy (non-hydrogen) atoms. The molecule has 4 aromatic carbocycles. The van der Waals surface area contributed by atoms with Crippen molar-refractivity contribution in [3.63, 3.8) is 0 Å². The molecular formula is C37H35FO3S. The van der Waals surface area contributed by atoms with Crippen molar-refractivity contribution >= 4 is 9.84 Å². The number of halogens is 1. The molecule has 214 valence electrons. The highest BCUT2D eigenvalue weighted by atomic mass is 32.2. The van der Waals surface area contributed by atoms with E-state index in [1.54, 1.807) is 73.8 Å². The molecule has 0 aliphatic rings. The summed E-state index contributed by atoms with van der Waals surface area (Å²) in [6.45, 7) is 8.18. The Balaban J connectivity index is 1.54. The van der Waals surface area contributed by atoms with Crippen LogP contribution in [0.2, 0.25) is 0 Å². The van der Waals surface area contributed by atoms with E-state index in [4.69, 9.17) is 4.74 Å². The highest BCUT2D eigenvalue weighted by Gasteiger charge is 2.28. The third-order valence-electron chi connectivity index (χ3n) is 7.31. The number of benzene rings is 4. The summed E-state index contributed by atoms with van der Waals surface area (Å²) in [4.78, 5) is 0.267. The van der Waals surface area contributed by atoms with Crippen LogP contribution in [-0.2, 0) is 20.7 Å². The predicted octanol–water partition coefficient (Wildman–Crippen LogP) is 8.05. The van der Waals surface area contributed by atoms with Crippen LogP contribution in [0, 0.1) is 29.5 Å². The normalized spacial score (nSPS) is 12.3. The van der Waals surface area contributed by atoms with Crippen LogP contribution >= 0.6 is 0 Å². The second-order valence-electron chi connectivity index (χ2n) is 11.2. The third-order valence-corrected chi connectivity index (χ3v) is 9.43. The zero-order valence-electron chi connectivity index (χ0n) is 24.6. The lowest BCUT2D eigenvalue weighted by Crippen LogP contribution is -2.19. The van der Waals surface area contributed by atoms with Gasteiger partial charge in [0.15, 0.2) is 9.84 Å².